The van der Waals surface area contributed by atoms with Crippen molar-refractivity contribution in [3.63, 3.8) is 0 Å². The lowest BCUT2D eigenvalue weighted by Gasteiger charge is -2.04. The first-order valence-corrected chi connectivity index (χ1v) is 20.4. The average molecular weight is 841 g/mol. The van der Waals surface area contributed by atoms with E-state index in [1.54, 1.807) is 55.9 Å². The van der Waals surface area contributed by atoms with Crippen LogP contribution in [0.5, 0.6) is 0 Å². The van der Waals surface area contributed by atoms with Gasteiger partial charge in [-0.3, -0.25) is 23.9 Å². The van der Waals surface area contributed by atoms with Gasteiger partial charge in [0.15, 0.2) is 11.3 Å². The molecule has 61 heavy (non-hydrogen) atoms. The van der Waals surface area contributed by atoms with Crippen molar-refractivity contribution in [1.29, 1.82) is 0 Å². The maximum Gasteiger partial charge on any atom is 0.261 e. The fourth-order valence-electron chi connectivity index (χ4n) is 6.24. The quantitative estimate of drug-likeness (QED) is 0.167. The van der Waals surface area contributed by atoms with Crippen molar-refractivity contribution in [3.05, 3.63) is 121 Å². The van der Waals surface area contributed by atoms with E-state index in [1.165, 1.54) is 0 Å². The second-order valence-electron chi connectivity index (χ2n) is 13.5. The van der Waals surface area contributed by atoms with E-state index in [1.807, 2.05) is 60.9 Å². The maximum absolute atomic E-state index is 9.19. The normalized spacial score (nSPS) is 11.5. The van der Waals surface area contributed by atoms with Gasteiger partial charge in [-0.1, -0.05) is 34.7 Å². The zero-order chi connectivity index (χ0) is 42.3. The Hall–Kier alpha value is -7.53. The molecule has 0 aliphatic heterocycles. The van der Waals surface area contributed by atoms with E-state index in [4.69, 9.17) is 14.8 Å². The Bertz CT molecular complexity index is 3010. The minimum Gasteiger partial charge on any atom is -0.394 e. The fraction of sp³-hybridized carbons (Fsp3) is 0.179. The number of aliphatic hydroxyl groups excluding tert-OH is 2. The van der Waals surface area contributed by atoms with Crippen LogP contribution in [0.15, 0.2) is 110 Å². The molecule has 0 atom stereocenters. The van der Waals surface area contributed by atoms with Gasteiger partial charge in [0.05, 0.1) is 92.9 Å². The molecule has 10 aromatic rings. The van der Waals surface area contributed by atoms with Crippen molar-refractivity contribution in [2.45, 2.75) is 26.2 Å². The molecular formula is C39H36N16O5S. The van der Waals surface area contributed by atoms with E-state index in [0.29, 0.717) is 66.4 Å². The summed E-state index contributed by atoms with van der Waals surface area (Å²) in [6, 6.07) is 20.1. The lowest BCUT2D eigenvalue weighted by Crippen LogP contribution is -2.03. The van der Waals surface area contributed by atoms with Crippen LogP contribution in [0.2, 0.25) is 0 Å². The van der Waals surface area contributed by atoms with Crippen LogP contribution in [0.4, 0.5) is 0 Å². The Labute approximate surface area is 345 Å². The molecule has 10 rings (SSSR count). The summed E-state index contributed by atoms with van der Waals surface area (Å²) in [6.07, 6.45) is 14.7. The van der Waals surface area contributed by atoms with Gasteiger partial charge in [0, 0.05) is 46.7 Å². The molecule has 3 N–H and O–H groups in total. The fourth-order valence-corrected chi connectivity index (χ4v) is 6.24. The summed E-state index contributed by atoms with van der Waals surface area (Å²) >= 11 is 0. The van der Waals surface area contributed by atoms with Crippen LogP contribution in [0.1, 0.15) is 11.1 Å². The first-order valence-electron chi connectivity index (χ1n) is 18.6. The number of aliphatic hydroxyl groups is 2. The second kappa shape index (κ2) is 17.8. The SMILES string of the molecule is CS(=O)(=O)O.OCCn1cc(-c2cnc3nnn(Cc4ccc5ncccc5c4)c3n2)cn1.OCCn1cc(-c2cnc3nnn(Cc4ccc5ncccc5c4)c3n2)cn1. The second-order valence-corrected chi connectivity index (χ2v) is 15.0. The molecule has 0 amide bonds. The highest BCUT2D eigenvalue weighted by atomic mass is 32.2. The van der Waals surface area contributed by atoms with Crippen molar-refractivity contribution in [2.75, 3.05) is 19.5 Å². The van der Waals surface area contributed by atoms with E-state index in [9.17, 15) is 8.42 Å². The Morgan fingerprint density at radius 3 is 1.48 bits per heavy atom. The molecule has 22 heteroatoms. The Balaban J connectivity index is 0.000000152. The topological polar surface area (TPSA) is 269 Å². The Morgan fingerprint density at radius 2 is 1.05 bits per heavy atom. The van der Waals surface area contributed by atoms with Gasteiger partial charge >= 0.3 is 0 Å². The highest BCUT2D eigenvalue weighted by Crippen LogP contribution is 2.21. The molecule has 0 aliphatic carbocycles. The zero-order valence-corrected chi connectivity index (χ0v) is 33.2. The summed E-state index contributed by atoms with van der Waals surface area (Å²) in [5, 5.41) is 45.3. The van der Waals surface area contributed by atoms with Gasteiger partial charge < -0.3 is 10.2 Å². The number of rotatable bonds is 10. The van der Waals surface area contributed by atoms with Crippen LogP contribution < -0.4 is 0 Å². The van der Waals surface area contributed by atoms with Crippen molar-refractivity contribution < 1.29 is 23.2 Å². The van der Waals surface area contributed by atoms with Gasteiger partial charge in [-0.2, -0.15) is 18.6 Å². The van der Waals surface area contributed by atoms with Crippen LogP contribution in [0, 0.1) is 0 Å². The van der Waals surface area contributed by atoms with Crippen molar-refractivity contribution >= 4 is 54.5 Å². The average Bonchev–Trinajstić information content (AvgIpc) is 4.09. The molecule has 0 fully saturated rings. The number of fused-ring (bicyclic) bond motifs is 4. The lowest BCUT2D eigenvalue weighted by atomic mass is 10.1. The molecular weight excluding hydrogens is 805 g/mol. The van der Waals surface area contributed by atoms with Crippen LogP contribution >= 0.6 is 0 Å². The monoisotopic (exact) mass is 840 g/mol. The van der Waals surface area contributed by atoms with Gasteiger partial charge in [-0.25, -0.2) is 29.3 Å². The van der Waals surface area contributed by atoms with E-state index >= 15 is 0 Å². The standard InChI is InChI=1S/2C19H16N8O.CH4O3S/c2*28-7-6-26-12-15(9-22-26)17-10-21-18-19(23-17)27(25-24-18)11-13-3-4-16-14(8-13)2-1-5-20-16;1-5(2,3)4/h2*1-5,8-10,12,28H,6-7,11H2;1H3,(H,2,3,4). The summed E-state index contributed by atoms with van der Waals surface area (Å²) in [6.45, 7) is 2.00. The summed E-state index contributed by atoms with van der Waals surface area (Å²) in [5.74, 6) is 0. The molecule has 8 heterocycles. The van der Waals surface area contributed by atoms with Crippen LogP contribution in [-0.4, -0.2) is 122 Å². The van der Waals surface area contributed by atoms with E-state index in [0.717, 1.165) is 44.1 Å². The van der Waals surface area contributed by atoms with E-state index in [2.05, 4.69) is 72.9 Å². The van der Waals surface area contributed by atoms with Crippen molar-refractivity contribution in [2.24, 2.45) is 0 Å². The van der Waals surface area contributed by atoms with Crippen molar-refractivity contribution in [1.82, 2.24) is 79.5 Å². The van der Waals surface area contributed by atoms with Gasteiger partial charge in [0.25, 0.3) is 10.1 Å². The number of benzene rings is 2. The lowest BCUT2D eigenvalue weighted by molar-refractivity contribution is 0.269. The largest absolute Gasteiger partial charge is 0.394 e. The third-order valence-electron chi connectivity index (χ3n) is 8.97. The molecule has 2 aromatic carbocycles. The zero-order valence-electron chi connectivity index (χ0n) is 32.4. The third kappa shape index (κ3) is 9.85. The number of hydrogen-bond donors (Lipinski definition) is 3. The number of nitrogens with zero attached hydrogens (tertiary/aromatic N) is 16. The molecule has 308 valence electrons. The maximum atomic E-state index is 9.19. The summed E-state index contributed by atoms with van der Waals surface area (Å²) < 4.78 is 32.7. The summed E-state index contributed by atoms with van der Waals surface area (Å²) in [4.78, 5) is 26.8. The predicted molar refractivity (Wildman–Crippen MR) is 222 cm³/mol. The predicted octanol–water partition coefficient (Wildman–Crippen LogP) is 2.85. The minimum atomic E-state index is -3.67. The summed E-state index contributed by atoms with van der Waals surface area (Å²) in [7, 11) is -3.67. The van der Waals surface area contributed by atoms with E-state index < -0.39 is 10.1 Å². The van der Waals surface area contributed by atoms with Crippen LogP contribution in [0.3, 0.4) is 0 Å². The van der Waals surface area contributed by atoms with Gasteiger partial charge in [-0.05, 0) is 47.5 Å². The van der Waals surface area contributed by atoms with Crippen molar-refractivity contribution in [3.8, 4) is 22.5 Å². The number of pyridine rings is 2. The first kappa shape index (κ1) is 40.3. The number of aromatic nitrogens is 16. The molecule has 0 radical (unpaired) electrons. The molecule has 0 saturated heterocycles. The Kier molecular flexibility index (Phi) is 11.7. The molecule has 0 saturated carbocycles. The molecule has 21 nitrogen and oxygen atoms in total. The summed E-state index contributed by atoms with van der Waals surface area (Å²) in [5.41, 5.74) is 9.30. The highest BCUT2D eigenvalue weighted by Gasteiger charge is 2.14. The van der Waals surface area contributed by atoms with Gasteiger partial charge in [0.2, 0.25) is 11.3 Å². The molecule has 0 spiro atoms. The molecule has 8 aromatic heterocycles. The third-order valence-corrected chi connectivity index (χ3v) is 8.97. The number of hydrogen-bond acceptors (Lipinski definition) is 16. The molecule has 0 unspecified atom stereocenters. The highest BCUT2D eigenvalue weighted by molar-refractivity contribution is 7.85. The van der Waals surface area contributed by atoms with Gasteiger partial charge in [0.1, 0.15) is 0 Å². The first-order chi connectivity index (χ1) is 29.6. The van der Waals surface area contributed by atoms with Crippen LogP contribution in [-0.2, 0) is 36.3 Å². The van der Waals surface area contributed by atoms with Gasteiger partial charge in [-0.15, -0.1) is 10.2 Å². The minimum absolute atomic E-state index is 0.0315. The van der Waals surface area contributed by atoms with Crippen LogP contribution in [0.25, 0.3) is 66.9 Å². The smallest absolute Gasteiger partial charge is 0.261 e. The molecule has 0 bridgehead atoms. The molecule has 0 aliphatic rings. The van der Waals surface area contributed by atoms with E-state index in [-0.39, 0.29) is 13.2 Å². The Morgan fingerprint density at radius 1 is 0.607 bits per heavy atom.